The van der Waals surface area contributed by atoms with E-state index in [4.69, 9.17) is 16.1 Å². The van der Waals surface area contributed by atoms with E-state index in [1.165, 1.54) is 6.92 Å². The second-order valence-electron chi connectivity index (χ2n) is 8.22. The van der Waals surface area contributed by atoms with Crippen LogP contribution in [0.4, 0.5) is 0 Å². The average molecular weight is 401 g/mol. The average Bonchev–Trinajstić information content (AvgIpc) is 3.00. The normalized spacial score (nSPS) is 25.1. The van der Waals surface area contributed by atoms with Crippen molar-refractivity contribution in [2.75, 3.05) is 0 Å². The van der Waals surface area contributed by atoms with Crippen LogP contribution in [0, 0.1) is 5.92 Å². The number of amides is 1. The van der Waals surface area contributed by atoms with Gasteiger partial charge in [-0.15, -0.1) is 0 Å². The number of benzene rings is 1. The van der Waals surface area contributed by atoms with Crippen molar-refractivity contribution >= 4 is 24.6 Å². The van der Waals surface area contributed by atoms with Crippen molar-refractivity contribution in [3.05, 3.63) is 29.3 Å². The zero-order valence-corrected chi connectivity index (χ0v) is 16.8. The maximum absolute atomic E-state index is 12.6. The van der Waals surface area contributed by atoms with Crippen LogP contribution in [0.3, 0.4) is 0 Å². The molecule has 0 bridgehead atoms. The Labute approximate surface area is 170 Å². The van der Waals surface area contributed by atoms with Crippen molar-refractivity contribution in [1.82, 2.24) is 5.32 Å². The lowest BCUT2D eigenvalue weighted by Crippen LogP contribution is -2.43. The van der Waals surface area contributed by atoms with Crippen molar-refractivity contribution in [1.29, 1.82) is 0 Å². The Hall–Kier alpha value is -2.23. The lowest BCUT2D eigenvalue weighted by Gasteiger charge is -2.29. The molecule has 9 heteroatoms. The first kappa shape index (κ1) is 21.5. The van der Waals surface area contributed by atoms with Crippen molar-refractivity contribution in [3.63, 3.8) is 0 Å². The summed E-state index contributed by atoms with van der Waals surface area (Å²) >= 11 is 0. The number of fused-ring (bicyclic) bond motifs is 1. The van der Waals surface area contributed by atoms with Crippen LogP contribution in [0.5, 0.6) is 5.75 Å². The SMILES string of the molecule is CC(=O)c1cccc2c1OB(O)[C@@H](CC(=O)C(C)NC(=O)C1C[C@H](N)[C@@H](N)C1)C2. The Morgan fingerprint density at radius 1 is 1.28 bits per heavy atom. The number of hydrogen-bond acceptors (Lipinski definition) is 7. The van der Waals surface area contributed by atoms with Crippen molar-refractivity contribution in [2.24, 2.45) is 17.4 Å². The molecule has 0 radical (unpaired) electrons. The molecule has 1 saturated carbocycles. The second-order valence-corrected chi connectivity index (χ2v) is 8.22. The third-order valence-corrected chi connectivity index (χ3v) is 5.94. The maximum atomic E-state index is 12.6. The Morgan fingerprint density at radius 3 is 2.55 bits per heavy atom. The standard InChI is InChI=1S/C20H28BN3O5/c1-10(24-20(27)13-7-16(22)17(23)8-13)18(26)9-14-6-12-4-3-5-15(11(2)25)19(12)29-21(14)28/h3-5,10,13-14,16-17,28H,6-9,22-23H2,1-2H3,(H,24,27)/t10?,14-,16+,17+/m1/s1. The maximum Gasteiger partial charge on any atom is 0.526 e. The molecule has 1 aromatic rings. The number of Topliss-reactive ketones (excluding diaryl/α,β-unsaturated/α-hetero) is 2. The van der Waals surface area contributed by atoms with Crippen LogP contribution >= 0.6 is 0 Å². The smallest absolute Gasteiger partial charge is 0.526 e. The van der Waals surface area contributed by atoms with Crippen LogP contribution < -0.4 is 21.4 Å². The van der Waals surface area contributed by atoms with E-state index in [2.05, 4.69) is 5.32 Å². The number of carbonyl (C=O) groups is 3. The van der Waals surface area contributed by atoms with Crippen LogP contribution in [0.2, 0.25) is 5.82 Å². The van der Waals surface area contributed by atoms with Gasteiger partial charge >= 0.3 is 7.12 Å². The molecule has 6 N–H and O–H groups in total. The van der Waals surface area contributed by atoms with Gasteiger partial charge in [0, 0.05) is 30.2 Å². The van der Waals surface area contributed by atoms with Gasteiger partial charge in [0.25, 0.3) is 0 Å². The van der Waals surface area contributed by atoms with Crippen LogP contribution in [0.25, 0.3) is 0 Å². The number of carbonyl (C=O) groups excluding carboxylic acids is 3. The topological polar surface area (TPSA) is 145 Å². The van der Waals surface area contributed by atoms with E-state index in [0.717, 1.165) is 5.56 Å². The molecule has 1 amide bonds. The van der Waals surface area contributed by atoms with Gasteiger partial charge in [0.2, 0.25) is 5.91 Å². The minimum atomic E-state index is -1.19. The molecule has 0 spiro atoms. The van der Waals surface area contributed by atoms with Crippen molar-refractivity contribution in [3.8, 4) is 5.75 Å². The molecule has 29 heavy (non-hydrogen) atoms. The van der Waals surface area contributed by atoms with Gasteiger partial charge in [0.15, 0.2) is 11.6 Å². The monoisotopic (exact) mass is 401 g/mol. The molecule has 2 aliphatic rings. The molecule has 1 heterocycles. The number of ketones is 2. The molecule has 1 fully saturated rings. The molecular formula is C20H28BN3O5. The predicted octanol–water partition coefficient (Wildman–Crippen LogP) is 0.203. The van der Waals surface area contributed by atoms with Crippen molar-refractivity contribution in [2.45, 2.75) is 63.5 Å². The summed E-state index contributed by atoms with van der Waals surface area (Å²) in [4.78, 5) is 36.8. The molecule has 1 aliphatic carbocycles. The van der Waals surface area contributed by atoms with E-state index < -0.39 is 19.0 Å². The van der Waals surface area contributed by atoms with Gasteiger partial charge in [-0.25, -0.2) is 0 Å². The van der Waals surface area contributed by atoms with E-state index in [1.54, 1.807) is 19.1 Å². The molecule has 0 aromatic heterocycles. The summed E-state index contributed by atoms with van der Waals surface area (Å²) in [6.45, 7) is 3.07. The number of para-hydroxylation sites is 1. The lowest BCUT2D eigenvalue weighted by molar-refractivity contribution is -0.129. The molecule has 1 aliphatic heterocycles. The second kappa shape index (κ2) is 8.65. The third-order valence-electron chi connectivity index (χ3n) is 5.94. The Bertz CT molecular complexity index is 807. The first-order valence-corrected chi connectivity index (χ1v) is 9.99. The van der Waals surface area contributed by atoms with Gasteiger partial charge in [-0.05, 0) is 44.7 Å². The third kappa shape index (κ3) is 4.68. The summed E-state index contributed by atoms with van der Waals surface area (Å²) < 4.78 is 5.57. The Kier molecular flexibility index (Phi) is 6.41. The predicted molar refractivity (Wildman–Crippen MR) is 108 cm³/mol. The van der Waals surface area contributed by atoms with Gasteiger partial charge in [-0.2, -0.15) is 0 Å². The highest BCUT2D eigenvalue weighted by Gasteiger charge is 2.39. The highest BCUT2D eigenvalue weighted by atomic mass is 16.5. The van der Waals surface area contributed by atoms with Gasteiger partial charge in [0.1, 0.15) is 5.75 Å². The van der Waals surface area contributed by atoms with Gasteiger partial charge in [0.05, 0.1) is 11.6 Å². The number of hydrogen-bond donors (Lipinski definition) is 4. The zero-order chi connectivity index (χ0) is 21.3. The van der Waals surface area contributed by atoms with Crippen LogP contribution in [0.15, 0.2) is 18.2 Å². The molecule has 1 unspecified atom stereocenters. The van der Waals surface area contributed by atoms with E-state index in [1.807, 2.05) is 6.07 Å². The van der Waals surface area contributed by atoms with Crippen LogP contribution in [0.1, 0.15) is 49.0 Å². The first-order valence-electron chi connectivity index (χ1n) is 9.99. The molecule has 3 rings (SSSR count). The molecule has 4 atom stereocenters. The fourth-order valence-corrected chi connectivity index (χ4v) is 4.10. The van der Waals surface area contributed by atoms with E-state index in [9.17, 15) is 19.4 Å². The Balaban J connectivity index is 1.60. The van der Waals surface area contributed by atoms with Crippen molar-refractivity contribution < 1.29 is 24.1 Å². The number of nitrogens with two attached hydrogens (primary N) is 2. The highest BCUT2D eigenvalue weighted by Crippen LogP contribution is 2.36. The summed E-state index contributed by atoms with van der Waals surface area (Å²) in [5.74, 6) is -0.909. The van der Waals surface area contributed by atoms with Crippen LogP contribution in [-0.2, 0) is 16.0 Å². The van der Waals surface area contributed by atoms with E-state index >= 15 is 0 Å². The largest absolute Gasteiger partial charge is 0.535 e. The molecule has 8 nitrogen and oxygen atoms in total. The molecule has 156 valence electrons. The van der Waals surface area contributed by atoms with E-state index in [0.29, 0.717) is 30.6 Å². The molecule has 1 aromatic carbocycles. The quantitative estimate of drug-likeness (QED) is 0.394. The zero-order valence-electron chi connectivity index (χ0n) is 16.8. The number of rotatable bonds is 6. The van der Waals surface area contributed by atoms with Gasteiger partial charge in [-0.3, -0.25) is 14.4 Å². The summed E-state index contributed by atoms with van der Waals surface area (Å²) in [6.07, 6.45) is 1.49. The lowest BCUT2D eigenvalue weighted by atomic mass is 9.64. The fourth-order valence-electron chi connectivity index (χ4n) is 4.10. The highest BCUT2D eigenvalue weighted by molar-refractivity contribution is 6.47. The van der Waals surface area contributed by atoms with E-state index in [-0.39, 0.29) is 41.9 Å². The molecule has 0 saturated heterocycles. The first-order chi connectivity index (χ1) is 13.7. The fraction of sp³-hybridized carbons (Fsp3) is 0.550. The minimum absolute atomic E-state index is 0.0516. The minimum Gasteiger partial charge on any atom is -0.535 e. The summed E-state index contributed by atoms with van der Waals surface area (Å²) in [5, 5.41) is 13.1. The summed E-state index contributed by atoms with van der Waals surface area (Å²) in [6, 6.07) is 4.14. The van der Waals surface area contributed by atoms with Crippen LogP contribution in [-0.4, -0.2) is 47.7 Å². The number of nitrogens with one attached hydrogen (secondary N) is 1. The molecular weight excluding hydrogens is 373 g/mol. The summed E-state index contributed by atoms with van der Waals surface area (Å²) in [5.41, 5.74) is 12.9. The van der Waals surface area contributed by atoms with Gasteiger partial charge in [-0.1, -0.05) is 12.1 Å². The summed E-state index contributed by atoms with van der Waals surface area (Å²) in [7, 11) is -1.19. The Morgan fingerprint density at radius 2 is 1.93 bits per heavy atom. The van der Waals surface area contributed by atoms with Gasteiger partial charge < -0.3 is 26.5 Å².